The Morgan fingerprint density at radius 2 is 1.93 bits per heavy atom. The Morgan fingerprint density at radius 1 is 1.36 bits per heavy atom. The van der Waals surface area contributed by atoms with Gasteiger partial charge in [-0.15, -0.1) is 0 Å². The van der Waals surface area contributed by atoms with Crippen LogP contribution in [0.5, 0.6) is 0 Å². The topological polar surface area (TPSA) is 53.6 Å². The molecule has 1 atom stereocenters. The van der Waals surface area contributed by atoms with Gasteiger partial charge in [0.2, 0.25) is 0 Å². The summed E-state index contributed by atoms with van der Waals surface area (Å²) in [7, 11) is 4.10. The summed E-state index contributed by atoms with van der Waals surface area (Å²) in [6.07, 6.45) is 0. The molecular formula is C10H24N4. The Hall–Kier alpha value is -0.770. The number of guanidine groups is 1. The first-order valence-corrected chi connectivity index (χ1v) is 5.13. The molecular weight excluding hydrogens is 176 g/mol. The molecule has 0 aliphatic rings. The molecule has 0 amide bonds. The van der Waals surface area contributed by atoms with Gasteiger partial charge < -0.3 is 16.0 Å². The molecule has 0 aliphatic heterocycles. The maximum Gasteiger partial charge on any atom is 0.188 e. The first kappa shape index (κ1) is 13.2. The van der Waals surface area contributed by atoms with Gasteiger partial charge in [0.15, 0.2) is 5.96 Å². The molecule has 84 valence electrons. The van der Waals surface area contributed by atoms with Gasteiger partial charge in [-0.25, -0.2) is 0 Å². The molecule has 14 heavy (non-hydrogen) atoms. The largest absolute Gasteiger partial charge is 0.370 e. The quantitative estimate of drug-likeness (QED) is 0.502. The zero-order valence-corrected chi connectivity index (χ0v) is 10.0. The zero-order chi connectivity index (χ0) is 11.1. The maximum atomic E-state index is 5.69. The second-order valence-electron chi connectivity index (χ2n) is 4.31. The van der Waals surface area contributed by atoms with Crippen LogP contribution in [0, 0.1) is 5.92 Å². The van der Waals surface area contributed by atoms with Crippen molar-refractivity contribution in [2.75, 3.05) is 27.2 Å². The van der Waals surface area contributed by atoms with Crippen molar-refractivity contribution in [2.45, 2.75) is 26.8 Å². The van der Waals surface area contributed by atoms with Crippen LogP contribution in [0.15, 0.2) is 4.99 Å². The second-order valence-corrected chi connectivity index (χ2v) is 4.31. The summed E-state index contributed by atoms with van der Waals surface area (Å²) in [5.74, 6) is 1.11. The Kier molecular flexibility index (Phi) is 6.28. The Morgan fingerprint density at radius 3 is 2.36 bits per heavy atom. The number of hydrogen-bond acceptors (Lipinski definition) is 2. The number of rotatable bonds is 5. The SMILES string of the molecule is CC(C)CN=C(N)NCC(C)N(C)C. The number of nitrogens with two attached hydrogens (primary N) is 1. The van der Waals surface area contributed by atoms with Gasteiger partial charge in [-0.3, -0.25) is 4.99 Å². The molecule has 0 spiro atoms. The standard InChI is InChI=1S/C10H24N4/c1-8(2)6-12-10(11)13-7-9(3)14(4)5/h8-9H,6-7H2,1-5H3,(H3,11,12,13). The van der Waals surface area contributed by atoms with Crippen LogP contribution in [0.3, 0.4) is 0 Å². The number of hydrogen-bond donors (Lipinski definition) is 2. The smallest absolute Gasteiger partial charge is 0.188 e. The lowest BCUT2D eigenvalue weighted by Crippen LogP contribution is -2.41. The fourth-order valence-corrected chi connectivity index (χ4v) is 0.772. The summed E-state index contributed by atoms with van der Waals surface area (Å²) in [4.78, 5) is 6.36. The minimum Gasteiger partial charge on any atom is -0.370 e. The highest BCUT2D eigenvalue weighted by atomic mass is 15.2. The minimum absolute atomic E-state index is 0.461. The van der Waals surface area contributed by atoms with E-state index in [1.54, 1.807) is 0 Å². The van der Waals surface area contributed by atoms with Crippen molar-refractivity contribution >= 4 is 5.96 Å². The van der Waals surface area contributed by atoms with E-state index in [1.807, 2.05) is 14.1 Å². The molecule has 0 aromatic carbocycles. The zero-order valence-electron chi connectivity index (χ0n) is 10.0. The predicted molar refractivity (Wildman–Crippen MR) is 62.5 cm³/mol. The maximum absolute atomic E-state index is 5.69. The molecule has 0 heterocycles. The van der Waals surface area contributed by atoms with Gasteiger partial charge in [-0.05, 0) is 26.9 Å². The van der Waals surface area contributed by atoms with Gasteiger partial charge in [0, 0.05) is 19.1 Å². The lowest BCUT2D eigenvalue weighted by Gasteiger charge is -2.20. The van der Waals surface area contributed by atoms with E-state index in [0.29, 0.717) is 17.9 Å². The predicted octanol–water partition coefficient (Wildman–Crippen LogP) is 0.497. The lowest BCUT2D eigenvalue weighted by atomic mass is 10.2. The normalized spacial score (nSPS) is 14.9. The molecule has 0 rings (SSSR count). The molecule has 4 nitrogen and oxygen atoms in total. The van der Waals surface area contributed by atoms with Crippen LogP contribution in [0.2, 0.25) is 0 Å². The molecule has 0 radical (unpaired) electrons. The van der Waals surface area contributed by atoms with Crippen molar-refractivity contribution < 1.29 is 0 Å². The summed E-state index contributed by atoms with van der Waals surface area (Å²) < 4.78 is 0. The van der Waals surface area contributed by atoms with Crippen molar-refractivity contribution in [3.05, 3.63) is 0 Å². The molecule has 0 saturated carbocycles. The first-order valence-electron chi connectivity index (χ1n) is 5.13. The number of likely N-dealkylation sites (N-methyl/N-ethyl adjacent to an activating group) is 1. The van der Waals surface area contributed by atoms with Crippen LogP contribution in [0.4, 0.5) is 0 Å². The second kappa shape index (κ2) is 6.65. The first-order chi connectivity index (χ1) is 6.43. The van der Waals surface area contributed by atoms with Crippen LogP contribution in [0.25, 0.3) is 0 Å². The van der Waals surface area contributed by atoms with E-state index in [1.165, 1.54) is 0 Å². The molecule has 4 heteroatoms. The van der Waals surface area contributed by atoms with Crippen LogP contribution in [0.1, 0.15) is 20.8 Å². The summed E-state index contributed by atoms with van der Waals surface area (Å²) >= 11 is 0. The van der Waals surface area contributed by atoms with Crippen LogP contribution < -0.4 is 11.1 Å². The molecule has 1 unspecified atom stereocenters. The van der Waals surface area contributed by atoms with Gasteiger partial charge in [-0.2, -0.15) is 0 Å². The number of nitrogens with zero attached hydrogens (tertiary/aromatic N) is 2. The summed E-state index contributed by atoms with van der Waals surface area (Å²) in [5, 5.41) is 3.11. The molecule has 0 aromatic rings. The van der Waals surface area contributed by atoms with Crippen LogP contribution in [-0.2, 0) is 0 Å². The molecule has 0 saturated heterocycles. The van der Waals surface area contributed by atoms with Crippen molar-refractivity contribution in [3.63, 3.8) is 0 Å². The van der Waals surface area contributed by atoms with E-state index in [9.17, 15) is 0 Å². The van der Waals surface area contributed by atoms with E-state index < -0.39 is 0 Å². The van der Waals surface area contributed by atoms with E-state index >= 15 is 0 Å². The van der Waals surface area contributed by atoms with Crippen LogP contribution >= 0.6 is 0 Å². The van der Waals surface area contributed by atoms with Crippen molar-refractivity contribution in [2.24, 2.45) is 16.6 Å². The average Bonchev–Trinajstić information content (AvgIpc) is 2.10. The third-order valence-corrected chi connectivity index (χ3v) is 2.09. The van der Waals surface area contributed by atoms with Gasteiger partial charge in [-0.1, -0.05) is 13.8 Å². The van der Waals surface area contributed by atoms with E-state index in [2.05, 4.69) is 36.0 Å². The molecule has 0 aromatic heterocycles. The van der Waals surface area contributed by atoms with Crippen molar-refractivity contribution in [3.8, 4) is 0 Å². The summed E-state index contributed by atoms with van der Waals surface area (Å²) in [6, 6.07) is 0.461. The Labute approximate surface area is 87.6 Å². The van der Waals surface area contributed by atoms with Gasteiger partial charge in [0.05, 0.1) is 0 Å². The minimum atomic E-state index is 0.461. The van der Waals surface area contributed by atoms with E-state index in [0.717, 1.165) is 13.1 Å². The van der Waals surface area contributed by atoms with Crippen LogP contribution in [-0.4, -0.2) is 44.1 Å². The van der Waals surface area contributed by atoms with Gasteiger partial charge in [0.25, 0.3) is 0 Å². The molecule has 3 N–H and O–H groups in total. The third-order valence-electron chi connectivity index (χ3n) is 2.09. The molecule has 0 bridgehead atoms. The fourth-order valence-electron chi connectivity index (χ4n) is 0.772. The molecule has 0 fully saturated rings. The molecule has 0 aliphatic carbocycles. The van der Waals surface area contributed by atoms with E-state index in [4.69, 9.17) is 5.73 Å². The number of nitrogens with one attached hydrogen (secondary N) is 1. The Balaban J connectivity index is 3.72. The monoisotopic (exact) mass is 200 g/mol. The highest BCUT2D eigenvalue weighted by Crippen LogP contribution is 1.91. The highest BCUT2D eigenvalue weighted by molar-refractivity contribution is 5.77. The summed E-state index contributed by atoms with van der Waals surface area (Å²) in [6.45, 7) is 8.01. The van der Waals surface area contributed by atoms with Gasteiger partial charge >= 0.3 is 0 Å². The Bertz CT molecular complexity index is 175. The van der Waals surface area contributed by atoms with Gasteiger partial charge in [0.1, 0.15) is 0 Å². The van der Waals surface area contributed by atoms with E-state index in [-0.39, 0.29) is 0 Å². The highest BCUT2D eigenvalue weighted by Gasteiger charge is 2.03. The lowest BCUT2D eigenvalue weighted by molar-refractivity contribution is 0.313. The fraction of sp³-hybridized carbons (Fsp3) is 0.900. The average molecular weight is 200 g/mol. The summed E-state index contributed by atoms with van der Waals surface area (Å²) in [5.41, 5.74) is 5.69. The third kappa shape index (κ3) is 6.71. The van der Waals surface area contributed by atoms with Crippen molar-refractivity contribution in [1.82, 2.24) is 10.2 Å². The van der Waals surface area contributed by atoms with Crippen molar-refractivity contribution in [1.29, 1.82) is 0 Å². The number of aliphatic imine (C=N–C) groups is 1.